The van der Waals surface area contributed by atoms with Crippen LogP contribution in [0.2, 0.25) is 0 Å². The molecule has 0 radical (unpaired) electrons. The highest BCUT2D eigenvalue weighted by Gasteiger charge is 2.64. The maximum Gasteiger partial charge on any atom is 0.417 e. The zero-order valence-electron chi connectivity index (χ0n) is 21.3. The summed E-state index contributed by atoms with van der Waals surface area (Å²) in [5, 5.41) is 10.2. The molecule has 2 aromatic heterocycles. The minimum absolute atomic E-state index is 0.0336. The lowest BCUT2D eigenvalue weighted by molar-refractivity contribution is -0.151. The average molecular weight is 615 g/mol. The van der Waals surface area contributed by atoms with E-state index in [1.165, 1.54) is 36.4 Å². The number of fused-ring (bicyclic) bond motifs is 1. The van der Waals surface area contributed by atoms with Gasteiger partial charge in [-0.3, -0.25) is 0 Å². The summed E-state index contributed by atoms with van der Waals surface area (Å²) >= 11 is 0. The Morgan fingerprint density at radius 1 is 0.905 bits per heavy atom. The summed E-state index contributed by atoms with van der Waals surface area (Å²) in [6.45, 7) is -0.0531. The molecular formula is C26H21F7N6O2S. The first-order valence-electron chi connectivity index (χ1n) is 12.3. The standard InChI is InChI=1S/C26H21F7N6O2S/c27-16-4-2-15(3-5-16)18-6-7-19-21(36-18)22(39-24(10-11-24)26(31,32)33)38-23(37-19)35-12-9-14-1-8-20(42(34,40)41)17(13-14)25(28,29)30/h1-8,13H,9-12H2,(H2,34,40,41)(H2,35,37,38,39). The predicted molar refractivity (Wildman–Crippen MR) is 139 cm³/mol. The zero-order chi connectivity index (χ0) is 30.5. The van der Waals surface area contributed by atoms with E-state index in [1.807, 2.05) is 0 Å². The number of rotatable bonds is 8. The van der Waals surface area contributed by atoms with Crippen molar-refractivity contribution in [2.75, 3.05) is 17.2 Å². The van der Waals surface area contributed by atoms with Crippen LogP contribution in [-0.4, -0.2) is 41.6 Å². The molecule has 0 bridgehead atoms. The Kier molecular flexibility index (Phi) is 7.25. The largest absolute Gasteiger partial charge is 0.417 e. The van der Waals surface area contributed by atoms with E-state index < -0.39 is 44.2 Å². The number of nitrogens with one attached hydrogen (secondary N) is 2. The van der Waals surface area contributed by atoms with E-state index in [0.717, 1.165) is 6.07 Å². The molecule has 8 nitrogen and oxygen atoms in total. The highest BCUT2D eigenvalue weighted by atomic mass is 32.2. The van der Waals surface area contributed by atoms with E-state index in [9.17, 15) is 39.2 Å². The Balaban J connectivity index is 1.44. The number of alkyl halides is 6. The number of nitrogens with zero attached hydrogens (tertiary/aromatic N) is 3. The third kappa shape index (κ3) is 6.09. The Labute approximate surface area is 234 Å². The van der Waals surface area contributed by atoms with E-state index in [-0.39, 0.29) is 54.2 Å². The van der Waals surface area contributed by atoms with Gasteiger partial charge in [0.25, 0.3) is 0 Å². The molecule has 0 spiro atoms. The van der Waals surface area contributed by atoms with Crippen LogP contribution in [-0.2, 0) is 22.6 Å². The minimum atomic E-state index is -4.98. The van der Waals surface area contributed by atoms with Gasteiger partial charge in [-0.05, 0) is 73.4 Å². The molecule has 0 amide bonds. The predicted octanol–water partition coefficient (Wildman–Crippen LogP) is 5.66. The SMILES string of the molecule is NS(=O)(=O)c1ccc(CCNc2nc(NC3(C(F)(F)F)CC3)c3nc(-c4ccc(F)cc4)ccc3n2)cc1C(F)(F)F. The number of pyridine rings is 1. The van der Waals surface area contributed by atoms with Gasteiger partial charge in [0.2, 0.25) is 16.0 Å². The zero-order valence-corrected chi connectivity index (χ0v) is 22.1. The minimum Gasteiger partial charge on any atom is -0.354 e. The van der Waals surface area contributed by atoms with Gasteiger partial charge in [0.15, 0.2) is 5.82 Å². The third-order valence-electron chi connectivity index (χ3n) is 6.69. The lowest BCUT2D eigenvalue weighted by atomic mass is 10.1. The van der Waals surface area contributed by atoms with Crippen LogP contribution in [0.5, 0.6) is 0 Å². The Bertz CT molecular complexity index is 1760. The second-order valence-corrected chi connectivity index (χ2v) is 11.3. The van der Waals surface area contributed by atoms with Gasteiger partial charge >= 0.3 is 12.4 Å². The fourth-order valence-corrected chi connectivity index (χ4v) is 5.05. The Morgan fingerprint density at radius 2 is 1.60 bits per heavy atom. The van der Waals surface area contributed by atoms with E-state index >= 15 is 0 Å². The fourth-order valence-electron chi connectivity index (χ4n) is 4.31. The molecule has 42 heavy (non-hydrogen) atoms. The number of sulfonamides is 1. The van der Waals surface area contributed by atoms with Crippen LogP contribution in [0.25, 0.3) is 22.3 Å². The van der Waals surface area contributed by atoms with Crippen LogP contribution >= 0.6 is 0 Å². The van der Waals surface area contributed by atoms with Crippen molar-refractivity contribution < 1.29 is 39.2 Å². The van der Waals surface area contributed by atoms with Gasteiger partial charge in [-0.25, -0.2) is 27.9 Å². The van der Waals surface area contributed by atoms with Crippen molar-refractivity contribution in [3.63, 3.8) is 0 Å². The monoisotopic (exact) mass is 614 g/mol. The normalized spacial score (nSPS) is 15.0. The summed E-state index contributed by atoms with van der Waals surface area (Å²) in [5.74, 6) is -0.800. The third-order valence-corrected chi connectivity index (χ3v) is 7.65. The van der Waals surface area contributed by atoms with Crippen LogP contribution < -0.4 is 15.8 Å². The van der Waals surface area contributed by atoms with Gasteiger partial charge in [0.05, 0.1) is 21.7 Å². The molecule has 1 aliphatic carbocycles. The number of halogens is 7. The molecule has 4 aromatic rings. The fraction of sp³-hybridized carbons (Fsp3) is 0.269. The molecule has 4 N–H and O–H groups in total. The first kappa shape index (κ1) is 29.4. The molecule has 2 aromatic carbocycles. The van der Waals surface area contributed by atoms with E-state index in [0.29, 0.717) is 17.3 Å². The highest BCUT2D eigenvalue weighted by molar-refractivity contribution is 7.89. The van der Waals surface area contributed by atoms with Crippen molar-refractivity contribution in [2.24, 2.45) is 5.14 Å². The number of anilines is 2. The molecule has 5 rings (SSSR count). The quantitative estimate of drug-likeness (QED) is 0.219. The van der Waals surface area contributed by atoms with Gasteiger partial charge < -0.3 is 10.6 Å². The Morgan fingerprint density at radius 3 is 2.19 bits per heavy atom. The lowest BCUT2D eigenvalue weighted by Crippen LogP contribution is -2.39. The van der Waals surface area contributed by atoms with Crippen LogP contribution in [0, 0.1) is 5.82 Å². The molecule has 222 valence electrons. The average Bonchev–Trinajstić information content (AvgIpc) is 3.69. The lowest BCUT2D eigenvalue weighted by Gasteiger charge is -2.22. The van der Waals surface area contributed by atoms with Gasteiger partial charge in [-0.1, -0.05) is 6.07 Å². The molecule has 0 aliphatic heterocycles. The van der Waals surface area contributed by atoms with Gasteiger partial charge in [-0.2, -0.15) is 31.3 Å². The maximum atomic E-state index is 13.8. The van der Waals surface area contributed by atoms with Crippen molar-refractivity contribution in [1.29, 1.82) is 0 Å². The number of nitrogens with two attached hydrogens (primary N) is 1. The second kappa shape index (κ2) is 10.3. The van der Waals surface area contributed by atoms with Crippen molar-refractivity contribution in [1.82, 2.24) is 15.0 Å². The van der Waals surface area contributed by atoms with Gasteiger partial charge in [0, 0.05) is 12.1 Å². The molecule has 0 saturated heterocycles. The number of benzene rings is 2. The smallest absolute Gasteiger partial charge is 0.354 e. The molecular weight excluding hydrogens is 593 g/mol. The van der Waals surface area contributed by atoms with E-state index in [4.69, 9.17) is 5.14 Å². The van der Waals surface area contributed by atoms with Gasteiger partial charge in [-0.15, -0.1) is 0 Å². The summed E-state index contributed by atoms with van der Waals surface area (Å²) in [6.07, 6.45) is -9.97. The first-order valence-corrected chi connectivity index (χ1v) is 13.9. The maximum absolute atomic E-state index is 13.8. The van der Waals surface area contributed by atoms with Crippen molar-refractivity contribution >= 4 is 32.8 Å². The van der Waals surface area contributed by atoms with Gasteiger partial charge in [0.1, 0.15) is 16.9 Å². The first-order chi connectivity index (χ1) is 19.6. The number of hydrogen-bond donors (Lipinski definition) is 3. The molecule has 2 heterocycles. The summed E-state index contributed by atoms with van der Waals surface area (Å²) in [6, 6.07) is 11.0. The highest BCUT2D eigenvalue weighted by Crippen LogP contribution is 2.51. The van der Waals surface area contributed by atoms with E-state index in [2.05, 4.69) is 25.6 Å². The number of primary sulfonamides is 1. The van der Waals surface area contributed by atoms with Crippen LogP contribution in [0.3, 0.4) is 0 Å². The molecule has 0 atom stereocenters. The van der Waals surface area contributed by atoms with Crippen molar-refractivity contribution in [3.05, 3.63) is 71.5 Å². The Hall–Kier alpha value is -4.05. The van der Waals surface area contributed by atoms with Crippen LogP contribution in [0.1, 0.15) is 24.0 Å². The molecule has 1 fully saturated rings. The summed E-state index contributed by atoms with van der Waals surface area (Å²) in [7, 11) is -4.63. The van der Waals surface area contributed by atoms with Crippen molar-refractivity contribution in [3.8, 4) is 11.3 Å². The van der Waals surface area contributed by atoms with Crippen LogP contribution in [0.4, 0.5) is 42.5 Å². The summed E-state index contributed by atoms with van der Waals surface area (Å²) in [4.78, 5) is 11.8. The molecule has 1 aliphatic rings. The molecule has 1 saturated carbocycles. The molecule has 0 unspecified atom stereocenters. The number of hydrogen-bond acceptors (Lipinski definition) is 7. The topological polar surface area (TPSA) is 123 Å². The second-order valence-electron chi connectivity index (χ2n) is 9.72. The van der Waals surface area contributed by atoms with E-state index in [1.54, 1.807) is 6.07 Å². The van der Waals surface area contributed by atoms with Crippen LogP contribution in [0.15, 0.2) is 59.5 Å². The molecule has 16 heteroatoms. The summed E-state index contributed by atoms with van der Waals surface area (Å²) in [5.41, 5.74) is -2.44. The summed E-state index contributed by atoms with van der Waals surface area (Å²) < 4.78 is 118. The number of aromatic nitrogens is 3. The van der Waals surface area contributed by atoms with Crippen molar-refractivity contribution in [2.45, 2.75) is 42.0 Å².